The van der Waals surface area contributed by atoms with Crippen LogP contribution in [0.5, 0.6) is 0 Å². The Morgan fingerprint density at radius 2 is 2.13 bits per heavy atom. The van der Waals surface area contributed by atoms with E-state index >= 15 is 0 Å². The van der Waals surface area contributed by atoms with Gasteiger partial charge in [-0.3, -0.25) is 4.90 Å². The lowest BCUT2D eigenvalue weighted by Crippen LogP contribution is -2.49. The Balaban J connectivity index is 1.83. The van der Waals surface area contributed by atoms with Crippen molar-refractivity contribution in [1.29, 1.82) is 0 Å². The molecule has 0 radical (unpaired) electrons. The number of ether oxygens (including phenoxy) is 1. The van der Waals surface area contributed by atoms with E-state index < -0.39 is 0 Å². The molecule has 0 bridgehead atoms. The van der Waals surface area contributed by atoms with Gasteiger partial charge in [-0.05, 0) is 44.4 Å². The summed E-state index contributed by atoms with van der Waals surface area (Å²) in [6.45, 7) is 5.46. The number of piperidine rings is 1. The minimum atomic E-state index is -0.191. The SMILES string of the molecule is Cc1cccc(C2=C[C@H](C)N3CCCCC3C3OC(=O)C=C23)c1. The first-order chi connectivity index (χ1) is 11.1. The summed E-state index contributed by atoms with van der Waals surface area (Å²) in [5, 5.41) is 0. The molecule has 23 heavy (non-hydrogen) atoms. The minimum Gasteiger partial charge on any atom is -0.453 e. The van der Waals surface area contributed by atoms with Gasteiger partial charge in [0.15, 0.2) is 0 Å². The average molecular weight is 309 g/mol. The number of esters is 1. The van der Waals surface area contributed by atoms with Crippen molar-refractivity contribution in [2.75, 3.05) is 6.54 Å². The molecule has 3 nitrogen and oxygen atoms in total. The third-order valence-electron chi connectivity index (χ3n) is 5.34. The smallest absolute Gasteiger partial charge is 0.331 e. The fourth-order valence-corrected chi connectivity index (χ4v) is 4.27. The summed E-state index contributed by atoms with van der Waals surface area (Å²) in [7, 11) is 0. The minimum absolute atomic E-state index is 0.112. The summed E-state index contributed by atoms with van der Waals surface area (Å²) < 4.78 is 5.73. The second-order valence-corrected chi connectivity index (χ2v) is 6.95. The van der Waals surface area contributed by atoms with Gasteiger partial charge in [0, 0.05) is 17.7 Å². The number of fused-ring (bicyclic) bond motifs is 3. The summed E-state index contributed by atoms with van der Waals surface area (Å²) in [5.41, 5.74) is 4.67. The highest BCUT2D eigenvalue weighted by molar-refractivity contribution is 5.95. The van der Waals surface area contributed by atoms with Gasteiger partial charge >= 0.3 is 5.97 Å². The van der Waals surface area contributed by atoms with Gasteiger partial charge in [0.25, 0.3) is 0 Å². The molecule has 0 N–H and O–H groups in total. The Labute approximate surface area is 137 Å². The van der Waals surface area contributed by atoms with E-state index in [1.54, 1.807) is 6.08 Å². The molecular weight excluding hydrogens is 286 g/mol. The fraction of sp³-hybridized carbons (Fsp3) is 0.450. The first-order valence-corrected chi connectivity index (χ1v) is 8.60. The maximum atomic E-state index is 12.0. The molecule has 0 aromatic heterocycles. The van der Waals surface area contributed by atoms with Crippen LogP contribution >= 0.6 is 0 Å². The zero-order valence-electron chi connectivity index (χ0n) is 13.8. The zero-order chi connectivity index (χ0) is 16.0. The van der Waals surface area contributed by atoms with Crippen LogP contribution in [-0.2, 0) is 9.53 Å². The molecule has 2 unspecified atom stereocenters. The number of benzene rings is 1. The van der Waals surface area contributed by atoms with Crippen molar-refractivity contribution in [3.05, 3.63) is 53.1 Å². The number of aryl methyl sites for hydroxylation is 1. The van der Waals surface area contributed by atoms with Gasteiger partial charge in [-0.1, -0.05) is 42.3 Å². The first-order valence-electron chi connectivity index (χ1n) is 8.60. The number of rotatable bonds is 1. The third kappa shape index (κ3) is 2.53. The lowest BCUT2D eigenvalue weighted by molar-refractivity contribution is -0.142. The molecular formula is C20H23NO2. The van der Waals surface area contributed by atoms with Crippen LogP contribution in [-0.4, -0.2) is 35.6 Å². The molecule has 0 spiro atoms. The number of carbonyl (C=O) groups excluding carboxylic acids is 1. The standard InChI is InChI=1S/C20H23NO2/c1-13-6-5-7-15(10-13)16-11-14(2)21-9-4-3-8-18(21)20-17(16)12-19(22)23-20/h5-7,10-12,14,18,20H,3-4,8-9H2,1-2H3/t14-,18?,20?/m0/s1. The van der Waals surface area contributed by atoms with Crippen molar-refractivity contribution in [1.82, 2.24) is 4.90 Å². The van der Waals surface area contributed by atoms with E-state index in [2.05, 4.69) is 49.1 Å². The zero-order valence-corrected chi connectivity index (χ0v) is 13.8. The lowest BCUT2D eigenvalue weighted by atomic mass is 9.89. The summed E-state index contributed by atoms with van der Waals surface area (Å²) >= 11 is 0. The fourth-order valence-electron chi connectivity index (χ4n) is 4.27. The normalized spacial score (nSPS) is 30.7. The molecule has 3 aliphatic rings. The van der Waals surface area contributed by atoms with E-state index in [0.717, 1.165) is 18.5 Å². The van der Waals surface area contributed by atoms with E-state index in [9.17, 15) is 4.79 Å². The van der Waals surface area contributed by atoms with Crippen LogP contribution in [0, 0.1) is 6.92 Å². The highest BCUT2D eigenvalue weighted by atomic mass is 16.5. The van der Waals surface area contributed by atoms with Crippen molar-refractivity contribution in [2.45, 2.75) is 51.3 Å². The Morgan fingerprint density at radius 3 is 2.96 bits per heavy atom. The number of hydrogen-bond donors (Lipinski definition) is 0. The van der Waals surface area contributed by atoms with Crippen molar-refractivity contribution in [2.24, 2.45) is 0 Å². The summed E-state index contributed by atoms with van der Waals surface area (Å²) in [4.78, 5) is 14.5. The van der Waals surface area contributed by atoms with Crippen LogP contribution in [0.15, 0.2) is 42.0 Å². The largest absolute Gasteiger partial charge is 0.453 e. The highest BCUT2D eigenvalue weighted by Gasteiger charge is 2.42. The monoisotopic (exact) mass is 309 g/mol. The van der Waals surface area contributed by atoms with Gasteiger partial charge < -0.3 is 4.74 Å². The first kappa shape index (κ1) is 14.7. The molecule has 0 amide bonds. The molecule has 3 heterocycles. The maximum absolute atomic E-state index is 12.0. The Kier molecular flexibility index (Phi) is 3.61. The summed E-state index contributed by atoms with van der Waals surface area (Å²) in [6, 6.07) is 9.20. The van der Waals surface area contributed by atoms with E-state index in [4.69, 9.17) is 4.74 Å². The van der Waals surface area contributed by atoms with Crippen LogP contribution in [0.4, 0.5) is 0 Å². The van der Waals surface area contributed by atoms with Gasteiger partial charge in [0.2, 0.25) is 0 Å². The maximum Gasteiger partial charge on any atom is 0.331 e. The lowest BCUT2D eigenvalue weighted by Gasteiger charge is -2.40. The molecule has 1 aromatic carbocycles. The highest BCUT2D eigenvalue weighted by Crippen LogP contribution is 2.40. The van der Waals surface area contributed by atoms with Gasteiger partial charge in [-0.25, -0.2) is 4.79 Å². The summed E-state index contributed by atoms with van der Waals surface area (Å²) in [6.07, 6.45) is 7.47. The molecule has 3 aliphatic heterocycles. The van der Waals surface area contributed by atoms with Gasteiger partial charge in [-0.15, -0.1) is 0 Å². The van der Waals surface area contributed by atoms with Crippen LogP contribution in [0.1, 0.15) is 37.3 Å². The van der Waals surface area contributed by atoms with Gasteiger partial charge in [0.1, 0.15) is 6.10 Å². The molecule has 1 fully saturated rings. The van der Waals surface area contributed by atoms with E-state index in [1.807, 2.05) is 0 Å². The van der Waals surface area contributed by atoms with Crippen LogP contribution < -0.4 is 0 Å². The Hall–Kier alpha value is -1.87. The Morgan fingerprint density at radius 1 is 1.26 bits per heavy atom. The molecule has 3 heteroatoms. The summed E-state index contributed by atoms with van der Waals surface area (Å²) in [5.74, 6) is -0.191. The van der Waals surface area contributed by atoms with E-state index in [-0.39, 0.29) is 12.1 Å². The third-order valence-corrected chi connectivity index (χ3v) is 5.34. The second kappa shape index (κ2) is 5.64. The van der Waals surface area contributed by atoms with E-state index in [1.165, 1.54) is 29.5 Å². The average Bonchev–Trinajstić information content (AvgIpc) is 2.89. The van der Waals surface area contributed by atoms with Crippen LogP contribution in [0.25, 0.3) is 5.57 Å². The number of nitrogens with zero attached hydrogens (tertiary/aromatic N) is 1. The predicted molar refractivity (Wildman–Crippen MR) is 90.9 cm³/mol. The molecule has 1 saturated heterocycles. The molecule has 0 saturated carbocycles. The van der Waals surface area contributed by atoms with Crippen LogP contribution in [0.3, 0.4) is 0 Å². The van der Waals surface area contributed by atoms with Crippen molar-refractivity contribution in [3.63, 3.8) is 0 Å². The van der Waals surface area contributed by atoms with Crippen molar-refractivity contribution >= 4 is 11.5 Å². The predicted octanol–water partition coefficient (Wildman–Crippen LogP) is 3.49. The van der Waals surface area contributed by atoms with Gasteiger partial charge in [0.05, 0.1) is 6.04 Å². The van der Waals surface area contributed by atoms with Crippen molar-refractivity contribution < 1.29 is 9.53 Å². The number of hydrogen-bond acceptors (Lipinski definition) is 3. The molecule has 1 aromatic rings. The van der Waals surface area contributed by atoms with Crippen LogP contribution in [0.2, 0.25) is 0 Å². The Bertz CT molecular complexity index is 703. The molecule has 3 atom stereocenters. The van der Waals surface area contributed by atoms with E-state index in [0.29, 0.717) is 12.1 Å². The topological polar surface area (TPSA) is 29.5 Å². The van der Waals surface area contributed by atoms with Crippen molar-refractivity contribution in [3.8, 4) is 0 Å². The van der Waals surface area contributed by atoms with Gasteiger partial charge in [-0.2, -0.15) is 0 Å². The molecule has 120 valence electrons. The molecule has 0 aliphatic carbocycles. The molecule has 4 rings (SSSR count). The quantitative estimate of drug-likeness (QED) is 0.744. The second-order valence-electron chi connectivity index (χ2n) is 6.95. The number of carbonyl (C=O) groups is 1.